The third-order valence-electron chi connectivity index (χ3n) is 5.46. The number of anilines is 1. The van der Waals surface area contributed by atoms with E-state index in [2.05, 4.69) is 33.7 Å². The van der Waals surface area contributed by atoms with Gasteiger partial charge in [0, 0.05) is 12.6 Å². The number of esters is 1. The topological polar surface area (TPSA) is 98.6 Å². The van der Waals surface area contributed by atoms with Gasteiger partial charge in [-0.05, 0) is 36.2 Å². The van der Waals surface area contributed by atoms with E-state index in [0.717, 1.165) is 27.7 Å². The van der Waals surface area contributed by atoms with Crippen LogP contribution in [-0.2, 0) is 20.9 Å². The Morgan fingerprint density at radius 1 is 1.06 bits per heavy atom. The van der Waals surface area contributed by atoms with Crippen LogP contribution >= 0.6 is 0 Å². The maximum atomic E-state index is 12.1. The minimum Gasteiger partial charge on any atom is -0.461 e. The van der Waals surface area contributed by atoms with E-state index < -0.39 is 12.1 Å². The lowest BCUT2D eigenvalue weighted by molar-refractivity contribution is -0.135. The second kappa shape index (κ2) is 9.66. The molecule has 1 N–H and O–H groups in total. The molecule has 0 amide bonds. The highest BCUT2D eigenvalue weighted by Crippen LogP contribution is 2.35. The van der Waals surface area contributed by atoms with Gasteiger partial charge in [-0.3, -0.25) is 4.98 Å². The second-order valence-electron chi connectivity index (χ2n) is 7.73. The van der Waals surface area contributed by atoms with E-state index in [0.29, 0.717) is 18.2 Å². The Morgan fingerprint density at radius 2 is 1.91 bits per heavy atom. The van der Waals surface area contributed by atoms with Crippen molar-refractivity contribution in [3.05, 3.63) is 84.4 Å². The summed E-state index contributed by atoms with van der Waals surface area (Å²) in [5, 5.41) is 8.25. The molecule has 4 aromatic rings. The number of carbonyl (C=O) groups is 1. The number of hydrogen-bond donors (Lipinski definition) is 1. The minimum atomic E-state index is -0.570. The molecule has 0 aliphatic carbocycles. The highest BCUT2D eigenvalue weighted by molar-refractivity contribution is 6.36. The molecule has 0 unspecified atom stereocenters. The molecular weight excluding hydrogens is 430 g/mol. The van der Waals surface area contributed by atoms with Crippen LogP contribution in [0.5, 0.6) is 0 Å². The number of fused-ring (bicyclic) bond motifs is 1. The highest BCUT2D eigenvalue weighted by Gasteiger charge is 2.31. The van der Waals surface area contributed by atoms with Crippen LogP contribution in [0.25, 0.3) is 22.0 Å². The lowest BCUT2D eigenvalue weighted by atomic mass is 10.0. The van der Waals surface area contributed by atoms with Crippen molar-refractivity contribution in [2.75, 3.05) is 11.9 Å². The van der Waals surface area contributed by atoms with Crippen molar-refractivity contribution < 1.29 is 14.4 Å². The van der Waals surface area contributed by atoms with Gasteiger partial charge >= 0.3 is 5.97 Å². The van der Waals surface area contributed by atoms with Crippen LogP contribution in [0.1, 0.15) is 31.0 Å². The molecule has 2 aromatic carbocycles. The van der Waals surface area contributed by atoms with Crippen LogP contribution in [0.2, 0.25) is 0 Å². The number of nitrogens with one attached hydrogen (secondary N) is 1. The summed E-state index contributed by atoms with van der Waals surface area (Å²) in [4.78, 5) is 31.6. The Balaban J connectivity index is 1.55. The highest BCUT2D eigenvalue weighted by atomic mass is 16.6. The van der Waals surface area contributed by atoms with Crippen LogP contribution in [-0.4, -0.2) is 33.2 Å². The van der Waals surface area contributed by atoms with Crippen LogP contribution in [0.15, 0.2) is 78.1 Å². The van der Waals surface area contributed by atoms with Crippen molar-refractivity contribution in [3.8, 4) is 11.1 Å². The molecule has 0 bridgehead atoms. The number of benzene rings is 2. The number of oxime groups is 1. The zero-order chi connectivity index (χ0) is 23.3. The van der Waals surface area contributed by atoms with Crippen molar-refractivity contribution in [1.82, 2.24) is 15.0 Å². The monoisotopic (exact) mass is 453 g/mol. The van der Waals surface area contributed by atoms with Gasteiger partial charge in [0.2, 0.25) is 0 Å². The number of hydrogen-bond acceptors (Lipinski definition) is 8. The van der Waals surface area contributed by atoms with E-state index >= 15 is 0 Å². The third kappa shape index (κ3) is 4.43. The van der Waals surface area contributed by atoms with Gasteiger partial charge in [-0.25, -0.2) is 14.8 Å². The standard InChI is InChI=1S/C26H23N5O3/c1-2-33-26(32)21-15-22(34-31-21)24-29-20-13-8-12-19(17-9-4-3-5-10-17)23(20)25(30-24)28-16-18-11-6-7-14-27-18/h3-14,22H,2,15-16H2,1H3,(H,28,29,30)/t22-/m1/s1. The second-order valence-corrected chi connectivity index (χ2v) is 7.73. The molecule has 0 radical (unpaired) electrons. The van der Waals surface area contributed by atoms with Gasteiger partial charge in [0.25, 0.3) is 0 Å². The molecule has 8 heteroatoms. The average molecular weight is 454 g/mol. The van der Waals surface area contributed by atoms with Gasteiger partial charge in [-0.15, -0.1) is 0 Å². The van der Waals surface area contributed by atoms with E-state index in [9.17, 15) is 4.79 Å². The van der Waals surface area contributed by atoms with Crippen LogP contribution < -0.4 is 5.32 Å². The summed E-state index contributed by atoms with van der Waals surface area (Å²) in [6.07, 6.45) is 1.44. The Bertz CT molecular complexity index is 1340. The number of nitrogens with zero attached hydrogens (tertiary/aromatic N) is 4. The normalized spacial score (nSPS) is 15.0. The number of rotatable bonds is 7. The smallest absolute Gasteiger partial charge is 0.356 e. The molecule has 1 aliphatic rings. The minimum absolute atomic E-state index is 0.233. The number of ether oxygens (including phenoxy) is 1. The average Bonchev–Trinajstić information content (AvgIpc) is 3.39. The summed E-state index contributed by atoms with van der Waals surface area (Å²) in [5.74, 6) is 0.633. The molecule has 170 valence electrons. The lowest BCUT2D eigenvalue weighted by Gasteiger charge is -2.16. The quantitative estimate of drug-likeness (QED) is 0.406. The fourth-order valence-corrected chi connectivity index (χ4v) is 3.86. The van der Waals surface area contributed by atoms with E-state index in [4.69, 9.17) is 19.5 Å². The molecule has 3 heterocycles. The molecule has 0 saturated carbocycles. The zero-order valence-corrected chi connectivity index (χ0v) is 18.6. The zero-order valence-electron chi connectivity index (χ0n) is 18.6. The van der Waals surface area contributed by atoms with Gasteiger partial charge in [-0.1, -0.05) is 53.7 Å². The first-order chi connectivity index (χ1) is 16.7. The largest absolute Gasteiger partial charge is 0.461 e. The van der Waals surface area contributed by atoms with Gasteiger partial charge in [-0.2, -0.15) is 0 Å². The van der Waals surface area contributed by atoms with Crippen molar-refractivity contribution in [3.63, 3.8) is 0 Å². The first-order valence-corrected chi connectivity index (χ1v) is 11.1. The summed E-state index contributed by atoms with van der Waals surface area (Å²) >= 11 is 0. The molecule has 0 saturated heterocycles. The molecule has 5 rings (SSSR count). The van der Waals surface area contributed by atoms with Crippen LogP contribution in [0.3, 0.4) is 0 Å². The summed E-state index contributed by atoms with van der Waals surface area (Å²) in [6, 6.07) is 21.9. The first-order valence-electron chi connectivity index (χ1n) is 11.1. The van der Waals surface area contributed by atoms with Crippen LogP contribution in [0, 0.1) is 0 Å². The van der Waals surface area contributed by atoms with Crippen molar-refractivity contribution in [1.29, 1.82) is 0 Å². The summed E-state index contributed by atoms with van der Waals surface area (Å²) in [7, 11) is 0. The molecule has 0 fully saturated rings. The van der Waals surface area contributed by atoms with Gasteiger partial charge in [0.05, 0.1) is 29.7 Å². The Hall–Kier alpha value is -4.33. The number of pyridine rings is 1. The fourth-order valence-electron chi connectivity index (χ4n) is 3.86. The molecule has 1 aliphatic heterocycles. The summed E-state index contributed by atoms with van der Waals surface area (Å²) < 4.78 is 5.05. The van der Waals surface area contributed by atoms with E-state index in [1.807, 2.05) is 48.5 Å². The third-order valence-corrected chi connectivity index (χ3v) is 5.46. The van der Waals surface area contributed by atoms with Gasteiger partial charge in [0.1, 0.15) is 5.82 Å². The van der Waals surface area contributed by atoms with Crippen LogP contribution in [0.4, 0.5) is 5.82 Å². The number of aromatic nitrogens is 3. The predicted molar refractivity (Wildman–Crippen MR) is 129 cm³/mol. The molecule has 0 spiro atoms. The van der Waals surface area contributed by atoms with Crippen molar-refractivity contribution >= 4 is 28.4 Å². The molecular formula is C26H23N5O3. The predicted octanol–water partition coefficient (Wildman–Crippen LogP) is 4.68. The Morgan fingerprint density at radius 3 is 2.71 bits per heavy atom. The van der Waals surface area contributed by atoms with E-state index in [1.165, 1.54) is 0 Å². The van der Waals surface area contributed by atoms with Gasteiger partial charge in [0.15, 0.2) is 17.6 Å². The Kier molecular flexibility index (Phi) is 6.11. The van der Waals surface area contributed by atoms with E-state index in [1.54, 1.807) is 13.1 Å². The molecule has 8 nitrogen and oxygen atoms in total. The molecule has 1 atom stereocenters. The lowest BCUT2D eigenvalue weighted by Crippen LogP contribution is -2.17. The summed E-state index contributed by atoms with van der Waals surface area (Å²) in [6.45, 7) is 2.52. The van der Waals surface area contributed by atoms with Crippen molar-refractivity contribution in [2.24, 2.45) is 5.16 Å². The van der Waals surface area contributed by atoms with E-state index in [-0.39, 0.29) is 18.7 Å². The van der Waals surface area contributed by atoms with Gasteiger partial charge < -0.3 is 14.9 Å². The maximum Gasteiger partial charge on any atom is 0.356 e. The maximum absolute atomic E-state index is 12.1. The molecule has 2 aromatic heterocycles. The van der Waals surface area contributed by atoms with Crippen molar-refractivity contribution in [2.45, 2.75) is 26.0 Å². The molecule has 34 heavy (non-hydrogen) atoms. The summed E-state index contributed by atoms with van der Waals surface area (Å²) in [5.41, 5.74) is 3.97. The first kappa shape index (κ1) is 21.5. The SMILES string of the molecule is CCOC(=O)C1=NO[C@@H](c2nc(NCc3ccccn3)c3c(-c4ccccc4)cccc3n2)C1. The Labute approximate surface area is 196 Å². The number of carbonyl (C=O) groups excluding carboxylic acids is 1. The fraction of sp³-hybridized carbons (Fsp3) is 0.192.